The van der Waals surface area contributed by atoms with Crippen LogP contribution in [0.25, 0.3) is 17.1 Å². The number of H-pyrrole nitrogens is 1. The summed E-state index contributed by atoms with van der Waals surface area (Å²) in [6, 6.07) is 17.4. The number of piperazine rings is 1. The lowest BCUT2D eigenvalue weighted by Crippen LogP contribution is -2.47. The van der Waals surface area contributed by atoms with Gasteiger partial charge in [0.25, 0.3) is 0 Å². The largest absolute Gasteiger partial charge is 0.341 e. The van der Waals surface area contributed by atoms with Crippen LogP contribution in [0.5, 0.6) is 0 Å². The maximum atomic E-state index is 12.5. The molecule has 7 heteroatoms. The van der Waals surface area contributed by atoms with Crippen molar-refractivity contribution in [1.29, 1.82) is 0 Å². The number of rotatable bonds is 5. The van der Waals surface area contributed by atoms with E-state index in [1.807, 2.05) is 54.6 Å². The molecule has 2 aromatic carbocycles. The van der Waals surface area contributed by atoms with Crippen LogP contribution in [-0.4, -0.2) is 53.8 Å². The smallest absolute Gasteiger partial charge is 0.236 e. The van der Waals surface area contributed by atoms with E-state index >= 15 is 0 Å². The van der Waals surface area contributed by atoms with Crippen LogP contribution in [0, 0.1) is 0 Å². The SMILES string of the molecule is O=S(=O)(/C=C/c1ccccc1)N1CCN(Cc2nc3ccccc3[nH]2)CC1. The van der Waals surface area contributed by atoms with E-state index in [4.69, 9.17) is 0 Å². The maximum Gasteiger partial charge on any atom is 0.236 e. The van der Waals surface area contributed by atoms with Gasteiger partial charge in [0.05, 0.1) is 17.6 Å². The Labute approximate surface area is 159 Å². The molecule has 140 valence electrons. The zero-order chi connectivity index (χ0) is 18.7. The summed E-state index contributed by atoms with van der Waals surface area (Å²) in [5, 5.41) is 1.30. The van der Waals surface area contributed by atoms with Gasteiger partial charge in [-0.15, -0.1) is 0 Å². The number of fused-ring (bicyclic) bond motifs is 1. The highest BCUT2D eigenvalue weighted by molar-refractivity contribution is 7.92. The molecule has 27 heavy (non-hydrogen) atoms. The Morgan fingerprint density at radius 1 is 0.963 bits per heavy atom. The second-order valence-electron chi connectivity index (χ2n) is 6.63. The number of benzene rings is 2. The summed E-state index contributed by atoms with van der Waals surface area (Å²) in [5.41, 5.74) is 2.86. The maximum absolute atomic E-state index is 12.5. The number of aromatic nitrogens is 2. The summed E-state index contributed by atoms with van der Waals surface area (Å²) in [4.78, 5) is 10.2. The van der Waals surface area contributed by atoms with Gasteiger partial charge < -0.3 is 4.98 Å². The van der Waals surface area contributed by atoms with Crippen molar-refractivity contribution in [2.24, 2.45) is 0 Å². The first-order valence-electron chi connectivity index (χ1n) is 8.99. The molecule has 0 aliphatic carbocycles. The van der Waals surface area contributed by atoms with Crippen LogP contribution in [0.2, 0.25) is 0 Å². The lowest BCUT2D eigenvalue weighted by atomic mass is 10.2. The summed E-state index contributed by atoms with van der Waals surface area (Å²) in [7, 11) is -3.40. The van der Waals surface area contributed by atoms with Gasteiger partial charge in [-0.25, -0.2) is 13.4 Å². The number of para-hydroxylation sites is 2. The second kappa shape index (κ2) is 7.64. The molecule has 0 spiro atoms. The third-order valence-corrected chi connectivity index (χ3v) is 6.30. The van der Waals surface area contributed by atoms with Crippen LogP contribution in [0.4, 0.5) is 0 Å². The highest BCUT2D eigenvalue weighted by Crippen LogP contribution is 2.15. The van der Waals surface area contributed by atoms with Crippen molar-refractivity contribution >= 4 is 27.1 Å². The number of hydrogen-bond donors (Lipinski definition) is 1. The van der Waals surface area contributed by atoms with Gasteiger partial charge in [-0.3, -0.25) is 4.90 Å². The van der Waals surface area contributed by atoms with Crippen molar-refractivity contribution in [3.8, 4) is 0 Å². The summed E-state index contributed by atoms with van der Waals surface area (Å²) in [5.74, 6) is 0.913. The average molecular weight is 382 g/mol. The zero-order valence-electron chi connectivity index (χ0n) is 15.0. The summed E-state index contributed by atoms with van der Waals surface area (Å²) >= 11 is 0. The summed E-state index contributed by atoms with van der Waals surface area (Å²) in [6.07, 6.45) is 1.65. The van der Waals surface area contributed by atoms with Crippen molar-refractivity contribution in [1.82, 2.24) is 19.2 Å². The first-order valence-corrected chi connectivity index (χ1v) is 10.5. The van der Waals surface area contributed by atoms with Gasteiger partial charge in [-0.05, 0) is 23.8 Å². The molecule has 1 aliphatic heterocycles. The van der Waals surface area contributed by atoms with Crippen molar-refractivity contribution in [2.45, 2.75) is 6.54 Å². The van der Waals surface area contributed by atoms with E-state index in [0.29, 0.717) is 32.7 Å². The lowest BCUT2D eigenvalue weighted by molar-refractivity contribution is 0.179. The monoisotopic (exact) mass is 382 g/mol. The predicted octanol–water partition coefficient (Wildman–Crippen LogP) is 2.68. The molecule has 1 N–H and O–H groups in total. The van der Waals surface area contributed by atoms with Gasteiger partial charge in [0.15, 0.2) is 0 Å². The standard InChI is InChI=1S/C20H22N4O2S/c25-27(26,15-10-17-6-2-1-3-7-17)24-13-11-23(12-14-24)16-20-21-18-8-4-5-9-19(18)22-20/h1-10,15H,11-14,16H2,(H,21,22)/b15-10+. The van der Waals surface area contributed by atoms with Crippen LogP contribution in [0.1, 0.15) is 11.4 Å². The number of sulfonamides is 1. The van der Waals surface area contributed by atoms with E-state index in [2.05, 4.69) is 14.9 Å². The van der Waals surface area contributed by atoms with Crippen molar-refractivity contribution in [2.75, 3.05) is 26.2 Å². The highest BCUT2D eigenvalue weighted by atomic mass is 32.2. The van der Waals surface area contributed by atoms with E-state index in [1.54, 1.807) is 10.4 Å². The lowest BCUT2D eigenvalue weighted by Gasteiger charge is -2.32. The molecule has 6 nitrogen and oxygen atoms in total. The Kier molecular flexibility index (Phi) is 5.07. The molecule has 0 radical (unpaired) electrons. The van der Waals surface area contributed by atoms with Gasteiger partial charge in [-0.2, -0.15) is 4.31 Å². The number of nitrogens with zero attached hydrogens (tertiary/aromatic N) is 3. The average Bonchev–Trinajstić information content (AvgIpc) is 3.10. The predicted molar refractivity (Wildman–Crippen MR) is 107 cm³/mol. The first-order chi connectivity index (χ1) is 13.1. The minimum Gasteiger partial charge on any atom is -0.341 e. The van der Waals surface area contributed by atoms with E-state index < -0.39 is 10.0 Å². The molecular formula is C20H22N4O2S. The molecule has 1 saturated heterocycles. The summed E-state index contributed by atoms with van der Waals surface area (Å²) in [6.45, 7) is 3.05. The van der Waals surface area contributed by atoms with Crippen molar-refractivity contribution in [3.05, 3.63) is 71.4 Å². The number of imidazole rings is 1. The third-order valence-electron chi connectivity index (χ3n) is 4.73. The fraction of sp³-hybridized carbons (Fsp3) is 0.250. The van der Waals surface area contributed by atoms with Crippen LogP contribution < -0.4 is 0 Å². The fourth-order valence-electron chi connectivity index (χ4n) is 3.25. The molecule has 2 heterocycles. The Hall–Kier alpha value is -2.48. The molecule has 3 aromatic rings. The highest BCUT2D eigenvalue weighted by Gasteiger charge is 2.25. The molecule has 0 bridgehead atoms. The molecule has 0 amide bonds. The van der Waals surface area contributed by atoms with E-state index in [0.717, 1.165) is 22.4 Å². The van der Waals surface area contributed by atoms with E-state index in [-0.39, 0.29) is 0 Å². The zero-order valence-corrected chi connectivity index (χ0v) is 15.8. The molecule has 1 aliphatic rings. The van der Waals surface area contributed by atoms with Crippen LogP contribution >= 0.6 is 0 Å². The minimum absolute atomic E-state index is 0.488. The van der Waals surface area contributed by atoms with Crippen LogP contribution in [-0.2, 0) is 16.6 Å². The minimum atomic E-state index is -3.40. The molecule has 0 atom stereocenters. The molecular weight excluding hydrogens is 360 g/mol. The van der Waals surface area contributed by atoms with Gasteiger partial charge in [0, 0.05) is 31.6 Å². The fourth-order valence-corrected chi connectivity index (χ4v) is 4.42. The van der Waals surface area contributed by atoms with Crippen molar-refractivity contribution in [3.63, 3.8) is 0 Å². The molecule has 0 unspecified atom stereocenters. The van der Waals surface area contributed by atoms with Gasteiger partial charge in [0.1, 0.15) is 5.82 Å². The number of nitrogens with one attached hydrogen (secondary N) is 1. The van der Waals surface area contributed by atoms with Crippen LogP contribution in [0.3, 0.4) is 0 Å². The Morgan fingerprint density at radius 3 is 2.41 bits per heavy atom. The Morgan fingerprint density at radius 2 is 1.67 bits per heavy atom. The van der Waals surface area contributed by atoms with Crippen LogP contribution in [0.15, 0.2) is 60.0 Å². The molecule has 4 rings (SSSR count). The van der Waals surface area contributed by atoms with Gasteiger partial charge >= 0.3 is 0 Å². The number of hydrogen-bond acceptors (Lipinski definition) is 4. The molecule has 0 saturated carbocycles. The summed E-state index contributed by atoms with van der Waals surface area (Å²) < 4.78 is 26.6. The Bertz CT molecular complexity index is 1000. The van der Waals surface area contributed by atoms with E-state index in [9.17, 15) is 8.42 Å². The third kappa shape index (κ3) is 4.27. The molecule has 1 aromatic heterocycles. The Balaban J connectivity index is 1.36. The van der Waals surface area contributed by atoms with Gasteiger partial charge in [0.2, 0.25) is 10.0 Å². The second-order valence-corrected chi connectivity index (χ2v) is 8.45. The molecule has 1 fully saturated rings. The van der Waals surface area contributed by atoms with Crippen molar-refractivity contribution < 1.29 is 8.42 Å². The normalized spacial score (nSPS) is 17.0. The first kappa shape index (κ1) is 17.9. The van der Waals surface area contributed by atoms with Gasteiger partial charge in [-0.1, -0.05) is 42.5 Å². The topological polar surface area (TPSA) is 69.3 Å². The van der Waals surface area contributed by atoms with E-state index in [1.165, 1.54) is 5.41 Å². The quantitative estimate of drug-likeness (QED) is 0.737. The number of aromatic amines is 1.